The Kier molecular flexibility index (Phi) is 3.47. The molecule has 1 saturated carbocycles. The van der Waals surface area contributed by atoms with Crippen molar-refractivity contribution in [1.29, 1.82) is 0 Å². The number of aliphatic carboxylic acids is 1. The lowest BCUT2D eigenvalue weighted by Gasteiger charge is -2.41. The van der Waals surface area contributed by atoms with E-state index in [-0.39, 0.29) is 5.92 Å². The largest absolute Gasteiger partial charge is 0.550 e. The van der Waals surface area contributed by atoms with Crippen LogP contribution < -0.4 is 5.11 Å². The average Bonchev–Trinajstić information content (AvgIpc) is 2.02. The van der Waals surface area contributed by atoms with E-state index >= 15 is 0 Å². The van der Waals surface area contributed by atoms with E-state index in [4.69, 9.17) is 4.74 Å². The highest BCUT2D eigenvalue weighted by Crippen LogP contribution is 2.31. The Bertz CT molecular complexity index is 217. The average molecular weight is 203 g/mol. The number of hydrogen-bond donors (Lipinski definition) is 2. The van der Waals surface area contributed by atoms with Crippen molar-refractivity contribution < 1.29 is 24.9 Å². The summed E-state index contributed by atoms with van der Waals surface area (Å²) in [5, 5.41) is 29.9. The summed E-state index contributed by atoms with van der Waals surface area (Å²) in [5.74, 6) is -2.57. The zero-order valence-electron chi connectivity index (χ0n) is 8.21. The van der Waals surface area contributed by atoms with Gasteiger partial charge in [0.25, 0.3) is 0 Å². The first-order valence-corrected chi connectivity index (χ1v) is 4.58. The predicted molar refractivity (Wildman–Crippen MR) is 45.1 cm³/mol. The van der Waals surface area contributed by atoms with Gasteiger partial charge in [-0.3, -0.25) is 0 Å². The Morgan fingerprint density at radius 1 is 1.50 bits per heavy atom. The molecular weight excluding hydrogens is 188 g/mol. The molecule has 0 bridgehead atoms. The standard InChI is InChI=1S/C9H16O5/c1-4-3-5(10)8(14-2)7(11)6(4)9(12)13/h4-8,10-11H,3H2,1-2H3,(H,12,13)/p-1. The molecule has 1 aliphatic carbocycles. The summed E-state index contributed by atoms with van der Waals surface area (Å²) in [4.78, 5) is 10.7. The number of ether oxygens (including phenoxy) is 1. The van der Waals surface area contributed by atoms with Crippen LogP contribution in [-0.4, -0.2) is 41.6 Å². The molecular formula is C9H15O5-. The van der Waals surface area contributed by atoms with Crippen LogP contribution in [0.3, 0.4) is 0 Å². The zero-order valence-corrected chi connectivity index (χ0v) is 8.21. The van der Waals surface area contributed by atoms with Crippen LogP contribution in [-0.2, 0) is 9.53 Å². The molecule has 0 spiro atoms. The fourth-order valence-electron chi connectivity index (χ4n) is 2.10. The van der Waals surface area contributed by atoms with E-state index in [1.54, 1.807) is 6.92 Å². The van der Waals surface area contributed by atoms with Crippen LogP contribution in [0, 0.1) is 11.8 Å². The smallest absolute Gasteiger partial charge is 0.109 e. The quantitative estimate of drug-likeness (QED) is 0.548. The van der Waals surface area contributed by atoms with Crippen molar-refractivity contribution in [3.63, 3.8) is 0 Å². The fraction of sp³-hybridized carbons (Fsp3) is 0.889. The highest BCUT2D eigenvalue weighted by molar-refractivity contribution is 5.69. The molecule has 0 saturated heterocycles. The maximum absolute atomic E-state index is 10.7. The van der Waals surface area contributed by atoms with Gasteiger partial charge in [-0.2, -0.15) is 0 Å². The minimum absolute atomic E-state index is 0.300. The number of carboxylic acid groups (broad SMARTS) is 1. The third-order valence-electron chi connectivity index (χ3n) is 2.85. The normalized spacial score (nSPS) is 43.6. The molecule has 0 aromatic rings. The summed E-state index contributed by atoms with van der Waals surface area (Å²) in [6.07, 6.45) is -2.56. The number of hydrogen-bond acceptors (Lipinski definition) is 5. The highest BCUT2D eigenvalue weighted by atomic mass is 16.5. The molecule has 5 heteroatoms. The Labute approximate surface area is 82.3 Å². The van der Waals surface area contributed by atoms with Crippen LogP contribution in [0.2, 0.25) is 0 Å². The zero-order chi connectivity index (χ0) is 10.9. The third kappa shape index (κ3) is 1.89. The van der Waals surface area contributed by atoms with Gasteiger partial charge in [-0.1, -0.05) is 6.92 Å². The minimum Gasteiger partial charge on any atom is -0.550 e. The van der Waals surface area contributed by atoms with Gasteiger partial charge in [0.05, 0.1) is 12.2 Å². The summed E-state index contributed by atoms with van der Waals surface area (Å²) in [6, 6.07) is 0. The summed E-state index contributed by atoms with van der Waals surface area (Å²) in [5.41, 5.74) is 0. The molecule has 0 radical (unpaired) electrons. The van der Waals surface area contributed by atoms with Gasteiger partial charge in [-0.05, 0) is 12.3 Å². The first kappa shape index (κ1) is 11.4. The molecule has 5 unspecified atom stereocenters. The van der Waals surface area contributed by atoms with Crippen LogP contribution in [0.1, 0.15) is 13.3 Å². The summed E-state index contributed by atoms with van der Waals surface area (Å²) < 4.78 is 4.85. The second kappa shape index (κ2) is 4.25. The van der Waals surface area contributed by atoms with Crippen molar-refractivity contribution in [2.45, 2.75) is 31.7 Å². The third-order valence-corrected chi connectivity index (χ3v) is 2.85. The van der Waals surface area contributed by atoms with Gasteiger partial charge in [0.1, 0.15) is 6.10 Å². The van der Waals surface area contributed by atoms with E-state index in [9.17, 15) is 20.1 Å². The van der Waals surface area contributed by atoms with Gasteiger partial charge in [0.2, 0.25) is 0 Å². The van der Waals surface area contributed by atoms with Crippen molar-refractivity contribution in [2.75, 3.05) is 7.11 Å². The maximum Gasteiger partial charge on any atom is 0.109 e. The number of rotatable bonds is 2. The molecule has 1 aliphatic rings. The van der Waals surface area contributed by atoms with E-state index in [0.29, 0.717) is 6.42 Å². The number of aliphatic hydroxyl groups excluding tert-OH is 2. The van der Waals surface area contributed by atoms with E-state index in [1.807, 2.05) is 0 Å². The van der Waals surface area contributed by atoms with Crippen LogP contribution in [0.4, 0.5) is 0 Å². The molecule has 14 heavy (non-hydrogen) atoms. The minimum atomic E-state index is -1.29. The lowest BCUT2D eigenvalue weighted by molar-refractivity contribution is -0.320. The van der Waals surface area contributed by atoms with E-state index in [2.05, 4.69) is 0 Å². The molecule has 0 aromatic heterocycles. The molecule has 0 amide bonds. The van der Waals surface area contributed by atoms with Gasteiger partial charge in [0, 0.05) is 19.0 Å². The molecule has 2 N–H and O–H groups in total. The van der Waals surface area contributed by atoms with E-state index in [1.165, 1.54) is 7.11 Å². The second-order valence-electron chi connectivity index (χ2n) is 3.82. The van der Waals surface area contributed by atoms with Crippen molar-refractivity contribution in [2.24, 2.45) is 11.8 Å². The molecule has 82 valence electrons. The summed E-state index contributed by atoms with van der Waals surface area (Å²) in [6.45, 7) is 1.67. The van der Waals surface area contributed by atoms with Gasteiger partial charge < -0.3 is 24.9 Å². The predicted octanol–water partition coefficient (Wildman–Crippen LogP) is -1.87. The SMILES string of the molecule is COC1C(O)CC(C)C(C(=O)[O-])C1O. The summed E-state index contributed by atoms with van der Waals surface area (Å²) in [7, 11) is 1.33. The van der Waals surface area contributed by atoms with Gasteiger partial charge in [0.15, 0.2) is 0 Å². The van der Waals surface area contributed by atoms with Crippen LogP contribution in [0.25, 0.3) is 0 Å². The van der Waals surface area contributed by atoms with Crippen molar-refractivity contribution in [3.05, 3.63) is 0 Å². The fourth-order valence-corrected chi connectivity index (χ4v) is 2.10. The number of methoxy groups -OCH3 is 1. The molecule has 0 heterocycles. The Morgan fingerprint density at radius 2 is 2.07 bits per heavy atom. The Morgan fingerprint density at radius 3 is 2.50 bits per heavy atom. The van der Waals surface area contributed by atoms with E-state index in [0.717, 1.165) is 0 Å². The molecule has 1 rings (SSSR count). The van der Waals surface area contributed by atoms with Crippen molar-refractivity contribution in [3.8, 4) is 0 Å². The maximum atomic E-state index is 10.7. The lowest BCUT2D eigenvalue weighted by atomic mass is 9.75. The van der Waals surface area contributed by atoms with Crippen LogP contribution in [0.15, 0.2) is 0 Å². The molecule has 5 atom stereocenters. The molecule has 5 nitrogen and oxygen atoms in total. The van der Waals surface area contributed by atoms with Crippen LogP contribution in [0.5, 0.6) is 0 Å². The molecule has 0 aliphatic heterocycles. The number of aliphatic hydroxyl groups is 2. The van der Waals surface area contributed by atoms with Gasteiger partial charge in [-0.15, -0.1) is 0 Å². The Hall–Kier alpha value is -0.650. The number of carboxylic acids is 1. The monoisotopic (exact) mass is 203 g/mol. The van der Waals surface area contributed by atoms with Gasteiger partial charge >= 0.3 is 0 Å². The topological polar surface area (TPSA) is 89.8 Å². The number of carbonyl (C=O) groups is 1. The Balaban J connectivity index is 2.82. The highest BCUT2D eigenvalue weighted by Gasteiger charge is 2.42. The van der Waals surface area contributed by atoms with Crippen molar-refractivity contribution in [1.82, 2.24) is 0 Å². The first-order valence-electron chi connectivity index (χ1n) is 4.58. The first-order chi connectivity index (χ1) is 6.49. The summed E-state index contributed by atoms with van der Waals surface area (Å²) >= 11 is 0. The van der Waals surface area contributed by atoms with Gasteiger partial charge in [-0.25, -0.2) is 0 Å². The molecule has 0 aromatic carbocycles. The second-order valence-corrected chi connectivity index (χ2v) is 3.82. The molecule has 1 fully saturated rings. The van der Waals surface area contributed by atoms with Crippen molar-refractivity contribution >= 4 is 5.97 Å². The van der Waals surface area contributed by atoms with Crippen LogP contribution >= 0.6 is 0 Å². The lowest BCUT2D eigenvalue weighted by Crippen LogP contribution is -2.56. The number of carbonyl (C=O) groups excluding carboxylic acids is 1. The van der Waals surface area contributed by atoms with E-state index < -0.39 is 30.2 Å².